The average molecular weight is 1010 g/mol. The second-order valence-corrected chi connectivity index (χ2v) is 25.0. The van der Waals surface area contributed by atoms with Crippen molar-refractivity contribution in [2.75, 3.05) is 0 Å². The summed E-state index contributed by atoms with van der Waals surface area (Å²) in [5, 5.41) is 0. The van der Waals surface area contributed by atoms with Gasteiger partial charge in [0.1, 0.15) is 0 Å². The molecule has 0 aliphatic carbocycles. The van der Waals surface area contributed by atoms with E-state index in [1.807, 2.05) is 0 Å². The van der Waals surface area contributed by atoms with Crippen LogP contribution in [0.4, 0.5) is 0 Å². The summed E-state index contributed by atoms with van der Waals surface area (Å²) in [6.45, 7) is 37.5. The van der Waals surface area contributed by atoms with Crippen molar-refractivity contribution in [2.24, 2.45) is 47.3 Å². The minimum absolute atomic E-state index is 0.462. The summed E-state index contributed by atoms with van der Waals surface area (Å²) in [6, 6.07) is 46.4. The highest BCUT2D eigenvalue weighted by molar-refractivity contribution is 6.00. The van der Waals surface area contributed by atoms with Gasteiger partial charge in [0.05, 0.1) is 22.8 Å². The summed E-state index contributed by atoms with van der Waals surface area (Å²) >= 11 is 0. The molecule has 0 amide bonds. The maximum Gasteiger partial charge on any atom is 0.0737 e. The van der Waals surface area contributed by atoms with Crippen LogP contribution in [-0.4, -0.2) is 19.9 Å². The maximum atomic E-state index is 5.69. The summed E-state index contributed by atoms with van der Waals surface area (Å²) < 4.78 is 0. The van der Waals surface area contributed by atoms with Crippen molar-refractivity contribution in [1.29, 1.82) is 0 Å². The summed E-state index contributed by atoms with van der Waals surface area (Å²) in [7, 11) is 0. The molecule has 8 bridgehead atoms. The summed E-state index contributed by atoms with van der Waals surface area (Å²) in [4.78, 5) is 19.4. The normalized spacial score (nSPS) is 13.0. The Hall–Kier alpha value is -6.52. The van der Waals surface area contributed by atoms with Crippen molar-refractivity contribution >= 4 is 46.4 Å². The van der Waals surface area contributed by atoms with Gasteiger partial charge < -0.3 is 9.97 Å². The van der Waals surface area contributed by atoms with Gasteiger partial charge in [-0.1, -0.05) is 208 Å². The van der Waals surface area contributed by atoms with Gasteiger partial charge in [-0.2, -0.15) is 0 Å². The van der Waals surface area contributed by atoms with Gasteiger partial charge >= 0.3 is 0 Å². The Morgan fingerprint density at radius 2 is 0.408 bits per heavy atom. The van der Waals surface area contributed by atoms with Crippen LogP contribution in [0.2, 0.25) is 0 Å². The smallest absolute Gasteiger partial charge is 0.0737 e. The van der Waals surface area contributed by atoms with Crippen LogP contribution in [0.1, 0.15) is 179 Å². The van der Waals surface area contributed by atoms with Crippen LogP contribution in [0.25, 0.3) is 90.9 Å². The number of benzene rings is 4. The third-order valence-electron chi connectivity index (χ3n) is 16.8. The van der Waals surface area contributed by atoms with Crippen molar-refractivity contribution in [3.63, 3.8) is 0 Å². The number of H-pyrrole nitrogens is 2. The summed E-state index contributed by atoms with van der Waals surface area (Å²) in [6.07, 6.45) is 8.90. The molecule has 3 aromatic heterocycles. The van der Waals surface area contributed by atoms with E-state index in [2.05, 4.69) is 266 Å². The first-order chi connectivity index (χ1) is 36.3. The molecule has 7 aromatic rings. The lowest BCUT2D eigenvalue weighted by molar-refractivity contribution is 0.388. The first kappa shape index (κ1) is 54.3. The number of hydrogen-bond acceptors (Lipinski definition) is 2. The van der Waals surface area contributed by atoms with E-state index in [9.17, 15) is 0 Å². The van der Waals surface area contributed by atoms with Crippen molar-refractivity contribution in [3.05, 3.63) is 166 Å². The standard InChI is InChI=1S/C72H86N4/c1-41(2)65(42(3)4)49-17-25-53(26-18-49)69-57-33-35-59(73-57)70(54-27-19-50(20-28-54)66(43(5)6)44(7)8)61-37-39-63(75-61)72(56-31-23-52(24-32-56)68(47(13)14)48(15)16)64-40-38-62(76-64)71(60-36-34-58(69)74-60)55-29-21-51(22-30-55)67(45(9)10)46(11)12/h17-48,65-68,73,76H,1-16H3. The molecule has 0 unspecified atom stereocenters. The summed E-state index contributed by atoms with van der Waals surface area (Å²) in [5.74, 6) is 6.08. The molecule has 4 aromatic carbocycles. The van der Waals surface area contributed by atoms with Crippen molar-refractivity contribution in [1.82, 2.24) is 19.9 Å². The molecule has 2 N–H and O–H groups in total. The van der Waals surface area contributed by atoms with E-state index in [0.717, 1.165) is 89.4 Å². The number of nitrogens with one attached hydrogen (secondary N) is 2. The number of aromatic amines is 2. The predicted molar refractivity (Wildman–Crippen MR) is 330 cm³/mol. The van der Waals surface area contributed by atoms with Crippen LogP contribution < -0.4 is 0 Å². The van der Waals surface area contributed by atoms with E-state index >= 15 is 0 Å². The zero-order valence-electron chi connectivity index (χ0n) is 48.7. The fraction of sp³-hybridized carbons (Fsp3) is 0.389. The minimum atomic E-state index is 0.462. The average Bonchev–Trinajstić information content (AvgIpc) is 4.22. The highest BCUT2D eigenvalue weighted by Crippen LogP contribution is 2.42. The fourth-order valence-corrected chi connectivity index (χ4v) is 14.1. The Balaban J connectivity index is 1.38. The number of aromatic nitrogens is 4. The van der Waals surface area contributed by atoms with Crippen LogP contribution in [-0.2, 0) is 0 Å². The third-order valence-corrected chi connectivity index (χ3v) is 16.8. The number of rotatable bonds is 16. The van der Waals surface area contributed by atoms with Gasteiger partial charge in [0, 0.05) is 44.3 Å². The second-order valence-electron chi connectivity index (χ2n) is 25.0. The molecule has 0 spiro atoms. The largest absolute Gasteiger partial charge is 0.354 e. The SMILES string of the molecule is CC(C)C(c1ccc(-c2c3nc(c(-c4ccc(C(C(C)C)C(C)C)cc4)c4ccc([nH]4)c(-c4ccc(C(C(C)C)C(C)C)cc4)c4nc(c(-c5ccc(C(C(C)C)C(C)C)cc5)c5ccc2[nH]5)C=C4)C=C3)cc1)C(C)C. The Morgan fingerprint density at radius 3 is 0.566 bits per heavy atom. The lowest BCUT2D eigenvalue weighted by atomic mass is 9.80. The molecular formula is C72H86N4. The number of hydrogen-bond donors (Lipinski definition) is 2. The van der Waals surface area contributed by atoms with Gasteiger partial charge in [0.25, 0.3) is 0 Å². The number of nitrogens with zero attached hydrogens (tertiary/aromatic N) is 2. The molecule has 0 saturated carbocycles. The zero-order valence-corrected chi connectivity index (χ0v) is 48.7. The Kier molecular flexibility index (Phi) is 16.1. The van der Waals surface area contributed by atoms with Gasteiger partial charge in [-0.15, -0.1) is 0 Å². The van der Waals surface area contributed by atoms with E-state index in [1.165, 1.54) is 22.3 Å². The molecule has 2 aliphatic rings. The van der Waals surface area contributed by atoms with E-state index < -0.39 is 0 Å². The van der Waals surface area contributed by atoms with Gasteiger partial charge in [0.15, 0.2) is 0 Å². The molecule has 4 heteroatoms. The quantitative estimate of drug-likeness (QED) is 0.101. The molecule has 5 heterocycles. The molecule has 0 radical (unpaired) electrons. The summed E-state index contributed by atoms with van der Waals surface area (Å²) in [5.41, 5.74) is 22.0. The molecular weight excluding hydrogens is 921 g/mol. The van der Waals surface area contributed by atoms with Crippen molar-refractivity contribution < 1.29 is 0 Å². The van der Waals surface area contributed by atoms with Crippen molar-refractivity contribution in [3.8, 4) is 44.5 Å². The number of fused-ring (bicyclic) bond motifs is 8. The van der Waals surface area contributed by atoms with Gasteiger partial charge in [-0.05, 0) is 164 Å². The van der Waals surface area contributed by atoms with Crippen LogP contribution >= 0.6 is 0 Å². The van der Waals surface area contributed by atoms with Gasteiger partial charge in [-0.25, -0.2) is 9.97 Å². The monoisotopic (exact) mass is 1010 g/mol. The van der Waals surface area contributed by atoms with Crippen LogP contribution in [0.15, 0.2) is 121 Å². The van der Waals surface area contributed by atoms with Gasteiger partial charge in [-0.3, -0.25) is 0 Å². The molecule has 76 heavy (non-hydrogen) atoms. The van der Waals surface area contributed by atoms with Crippen LogP contribution in [0.3, 0.4) is 0 Å². The van der Waals surface area contributed by atoms with E-state index in [4.69, 9.17) is 9.97 Å². The minimum Gasteiger partial charge on any atom is -0.354 e. The Labute approximate surface area is 456 Å². The van der Waals surface area contributed by atoms with Crippen LogP contribution in [0.5, 0.6) is 0 Å². The van der Waals surface area contributed by atoms with E-state index in [1.54, 1.807) is 0 Å². The highest BCUT2D eigenvalue weighted by Gasteiger charge is 2.26. The van der Waals surface area contributed by atoms with E-state index in [-0.39, 0.29) is 0 Å². The molecule has 0 fully saturated rings. The van der Waals surface area contributed by atoms with Crippen LogP contribution in [0, 0.1) is 47.3 Å². The Bertz CT molecular complexity index is 2890. The predicted octanol–water partition coefficient (Wildman–Crippen LogP) is 20.9. The maximum absolute atomic E-state index is 5.69. The highest BCUT2D eigenvalue weighted by atomic mass is 14.8. The first-order valence-corrected chi connectivity index (χ1v) is 28.9. The molecule has 9 rings (SSSR count). The molecule has 394 valence electrons. The molecule has 0 saturated heterocycles. The lowest BCUT2D eigenvalue weighted by Gasteiger charge is -2.25. The topological polar surface area (TPSA) is 57.4 Å². The first-order valence-electron chi connectivity index (χ1n) is 28.9. The van der Waals surface area contributed by atoms with E-state index in [0.29, 0.717) is 71.0 Å². The van der Waals surface area contributed by atoms with Gasteiger partial charge in [0.2, 0.25) is 0 Å². The zero-order chi connectivity index (χ0) is 54.3. The van der Waals surface area contributed by atoms with Crippen molar-refractivity contribution in [2.45, 2.75) is 134 Å². The third kappa shape index (κ3) is 10.9. The lowest BCUT2D eigenvalue weighted by Crippen LogP contribution is -2.13. The molecule has 4 nitrogen and oxygen atoms in total. The Morgan fingerprint density at radius 1 is 0.237 bits per heavy atom. The second kappa shape index (κ2) is 22.6. The molecule has 2 aliphatic heterocycles. The fourth-order valence-electron chi connectivity index (χ4n) is 14.1. The molecule has 0 atom stereocenters.